The summed E-state index contributed by atoms with van der Waals surface area (Å²) >= 11 is 3.55. The Bertz CT molecular complexity index is 414. The van der Waals surface area contributed by atoms with Gasteiger partial charge in [0.25, 0.3) is 0 Å². The molecule has 0 bridgehead atoms. The summed E-state index contributed by atoms with van der Waals surface area (Å²) < 4.78 is 1.11. The molecule has 0 fully saturated rings. The van der Waals surface area contributed by atoms with Gasteiger partial charge in [-0.25, -0.2) is 0 Å². The number of ketones is 1. The maximum Gasteiger partial charge on any atom is 0.163 e. The standard InChI is InChI=1S/C17H25BrO/c1-5-7-8-14(6-2)11-16(19)15-9-12(3)17(18)13(4)10-15/h9-10,14H,5-8,11H2,1-4H3. The van der Waals surface area contributed by atoms with Crippen LogP contribution in [-0.4, -0.2) is 5.78 Å². The molecule has 0 aliphatic rings. The molecular formula is C17H25BrO. The number of carbonyl (C=O) groups is 1. The summed E-state index contributed by atoms with van der Waals surface area (Å²) in [5.41, 5.74) is 3.16. The molecule has 0 radical (unpaired) electrons. The van der Waals surface area contributed by atoms with E-state index in [0.717, 1.165) is 27.6 Å². The molecule has 1 atom stereocenters. The zero-order valence-corrected chi connectivity index (χ0v) is 14.1. The number of benzene rings is 1. The fourth-order valence-electron chi connectivity index (χ4n) is 2.43. The summed E-state index contributed by atoms with van der Waals surface area (Å²) in [6, 6.07) is 4.01. The van der Waals surface area contributed by atoms with E-state index in [-0.39, 0.29) is 0 Å². The van der Waals surface area contributed by atoms with E-state index in [1.807, 2.05) is 26.0 Å². The Balaban J connectivity index is 2.77. The van der Waals surface area contributed by atoms with Crippen molar-refractivity contribution < 1.29 is 4.79 Å². The van der Waals surface area contributed by atoms with Crippen molar-refractivity contribution in [1.82, 2.24) is 0 Å². The zero-order valence-electron chi connectivity index (χ0n) is 12.6. The Hall–Kier alpha value is -0.630. The van der Waals surface area contributed by atoms with Gasteiger partial charge in [-0.1, -0.05) is 55.5 Å². The highest BCUT2D eigenvalue weighted by atomic mass is 79.9. The van der Waals surface area contributed by atoms with Crippen molar-refractivity contribution in [2.24, 2.45) is 5.92 Å². The molecule has 0 aliphatic heterocycles. The molecule has 1 aromatic rings. The molecular weight excluding hydrogens is 300 g/mol. The van der Waals surface area contributed by atoms with Gasteiger partial charge in [-0.2, -0.15) is 0 Å². The average molecular weight is 325 g/mol. The van der Waals surface area contributed by atoms with E-state index in [4.69, 9.17) is 0 Å². The van der Waals surface area contributed by atoms with Gasteiger partial charge in [0.2, 0.25) is 0 Å². The second-order valence-corrected chi connectivity index (χ2v) is 6.26. The molecule has 1 unspecified atom stereocenters. The predicted molar refractivity (Wildman–Crippen MR) is 85.9 cm³/mol. The molecule has 0 saturated heterocycles. The van der Waals surface area contributed by atoms with Crippen molar-refractivity contribution in [2.45, 2.75) is 59.8 Å². The van der Waals surface area contributed by atoms with E-state index in [1.54, 1.807) is 0 Å². The summed E-state index contributed by atoms with van der Waals surface area (Å²) in [5.74, 6) is 0.832. The lowest BCUT2D eigenvalue weighted by Crippen LogP contribution is -2.09. The van der Waals surface area contributed by atoms with Crippen molar-refractivity contribution in [2.75, 3.05) is 0 Å². The van der Waals surface area contributed by atoms with E-state index >= 15 is 0 Å². The molecule has 2 heteroatoms. The highest BCUT2D eigenvalue weighted by Gasteiger charge is 2.15. The van der Waals surface area contributed by atoms with Gasteiger partial charge >= 0.3 is 0 Å². The average Bonchev–Trinajstić information content (AvgIpc) is 2.39. The third kappa shape index (κ3) is 4.76. The highest BCUT2D eigenvalue weighted by molar-refractivity contribution is 9.10. The van der Waals surface area contributed by atoms with Crippen molar-refractivity contribution in [1.29, 1.82) is 0 Å². The maximum absolute atomic E-state index is 12.4. The number of aryl methyl sites for hydroxylation is 2. The molecule has 0 amide bonds. The van der Waals surface area contributed by atoms with Crippen LogP contribution in [0.3, 0.4) is 0 Å². The quantitative estimate of drug-likeness (QED) is 0.574. The van der Waals surface area contributed by atoms with Crippen molar-refractivity contribution >= 4 is 21.7 Å². The van der Waals surface area contributed by atoms with Crippen LogP contribution in [0.2, 0.25) is 0 Å². The number of hydrogen-bond donors (Lipinski definition) is 0. The number of unbranched alkanes of at least 4 members (excludes halogenated alkanes) is 1. The fraction of sp³-hybridized carbons (Fsp3) is 0.588. The summed E-state index contributed by atoms with van der Waals surface area (Å²) in [4.78, 5) is 12.4. The minimum absolute atomic E-state index is 0.293. The molecule has 0 saturated carbocycles. The molecule has 1 nitrogen and oxygen atoms in total. The van der Waals surface area contributed by atoms with Crippen molar-refractivity contribution in [3.8, 4) is 0 Å². The lowest BCUT2D eigenvalue weighted by molar-refractivity contribution is 0.0957. The van der Waals surface area contributed by atoms with E-state index in [9.17, 15) is 4.79 Å². The smallest absolute Gasteiger partial charge is 0.163 e. The Morgan fingerprint density at radius 1 is 1.21 bits per heavy atom. The van der Waals surface area contributed by atoms with Gasteiger partial charge in [-0.15, -0.1) is 0 Å². The van der Waals surface area contributed by atoms with Crippen molar-refractivity contribution in [3.05, 3.63) is 33.3 Å². The number of hydrogen-bond acceptors (Lipinski definition) is 1. The number of rotatable bonds is 7. The van der Waals surface area contributed by atoms with Gasteiger partial charge in [-0.3, -0.25) is 4.79 Å². The molecule has 0 aromatic heterocycles. The monoisotopic (exact) mass is 324 g/mol. The minimum atomic E-state index is 0.293. The van der Waals surface area contributed by atoms with Gasteiger partial charge in [0.15, 0.2) is 5.78 Å². The van der Waals surface area contributed by atoms with Crippen LogP contribution in [0.4, 0.5) is 0 Å². The minimum Gasteiger partial charge on any atom is -0.294 e. The number of carbonyl (C=O) groups excluding carboxylic acids is 1. The van der Waals surface area contributed by atoms with Gasteiger partial charge in [0.05, 0.1) is 0 Å². The lowest BCUT2D eigenvalue weighted by atomic mass is 9.91. The molecule has 0 aliphatic carbocycles. The Kier molecular flexibility index (Phi) is 6.78. The van der Waals surface area contributed by atoms with Crippen LogP contribution >= 0.6 is 15.9 Å². The van der Waals surface area contributed by atoms with Gasteiger partial charge in [0, 0.05) is 16.5 Å². The lowest BCUT2D eigenvalue weighted by Gasteiger charge is -2.14. The molecule has 0 N–H and O–H groups in total. The highest BCUT2D eigenvalue weighted by Crippen LogP contribution is 2.25. The Morgan fingerprint density at radius 2 is 1.79 bits per heavy atom. The maximum atomic E-state index is 12.4. The normalized spacial score (nSPS) is 12.5. The fourth-order valence-corrected chi connectivity index (χ4v) is 2.66. The third-order valence-corrected chi connectivity index (χ3v) is 5.03. The predicted octanol–water partition coefficient (Wildman–Crippen LogP) is 5.86. The Labute approximate surface area is 125 Å². The largest absolute Gasteiger partial charge is 0.294 e. The van der Waals surface area contributed by atoms with Crippen LogP contribution in [-0.2, 0) is 0 Å². The van der Waals surface area contributed by atoms with Gasteiger partial charge < -0.3 is 0 Å². The van der Waals surface area contributed by atoms with Gasteiger partial charge in [0.1, 0.15) is 0 Å². The van der Waals surface area contributed by atoms with E-state index in [0.29, 0.717) is 18.1 Å². The summed E-state index contributed by atoms with van der Waals surface area (Å²) in [6.07, 6.45) is 5.40. The number of Topliss-reactive ketones (excluding diaryl/α,β-unsaturated/α-hetero) is 1. The van der Waals surface area contributed by atoms with E-state index < -0.39 is 0 Å². The molecule has 106 valence electrons. The molecule has 0 spiro atoms. The first-order chi connectivity index (χ1) is 8.99. The SMILES string of the molecule is CCCCC(CC)CC(=O)c1cc(C)c(Br)c(C)c1. The van der Waals surface area contributed by atoms with Crippen LogP contribution in [0.5, 0.6) is 0 Å². The van der Waals surface area contributed by atoms with Crippen LogP contribution in [0.25, 0.3) is 0 Å². The zero-order chi connectivity index (χ0) is 14.4. The van der Waals surface area contributed by atoms with Crippen LogP contribution in [0.15, 0.2) is 16.6 Å². The van der Waals surface area contributed by atoms with Crippen LogP contribution < -0.4 is 0 Å². The number of halogens is 1. The van der Waals surface area contributed by atoms with Gasteiger partial charge in [-0.05, 0) is 43.0 Å². The van der Waals surface area contributed by atoms with Crippen molar-refractivity contribution in [3.63, 3.8) is 0 Å². The Morgan fingerprint density at radius 3 is 2.26 bits per heavy atom. The summed E-state index contributed by atoms with van der Waals surface area (Å²) in [6.45, 7) is 8.48. The third-order valence-electron chi connectivity index (χ3n) is 3.78. The van der Waals surface area contributed by atoms with E-state index in [1.165, 1.54) is 19.3 Å². The second-order valence-electron chi connectivity index (χ2n) is 5.47. The molecule has 1 rings (SSSR count). The first-order valence-corrected chi connectivity index (χ1v) is 8.08. The summed E-state index contributed by atoms with van der Waals surface area (Å²) in [5, 5.41) is 0. The summed E-state index contributed by atoms with van der Waals surface area (Å²) in [7, 11) is 0. The topological polar surface area (TPSA) is 17.1 Å². The van der Waals surface area contributed by atoms with Crippen LogP contribution in [0.1, 0.15) is 67.4 Å². The molecule has 0 heterocycles. The first kappa shape index (κ1) is 16.4. The second kappa shape index (κ2) is 7.84. The molecule has 19 heavy (non-hydrogen) atoms. The van der Waals surface area contributed by atoms with E-state index in [2.05, 4.69) is 29.8 Å². The first-order valence-electron chi connectivity index (χ1n) is 7.29. The van der Waals surface area contributed by atoms with Crippen LogP contribution in [0, 0.1) is 19.8 Å². The molecule has 1 aromatic carbocycles.